The molecule has 0 spiro atoms. The SMILES string of the molecule is N#Cc1cccc(-c2ccc(-c3ccc4c(-c5ccc(-c6nc(C7=CCCC=C7)nc(C7C=CC=CC7)n6)cc5)cccc4c3)cc2)c1. The second kappa shape index (κ2) is 12.9. The first kappa shape index (κ1) is 29.2. The summed E-state index contributed by atoms with van der Waals surface area (Å²) in [6.45, 7) is 0. The number of aromatic nitrogens is 3. The fourth-order valence-electron chi connectivity index (χ4n) is 6.50. The molecule has 1 atom stereocenters. The maximum absolute atomic E-state index is 9.28. The summed E-state index contributed by atoms with van der Waals surface area (Å²) >= 11 is 0. The van der Waals surface area contributed by atoms with Crippen LogP contribution in [0, 0.1) is 11.3 Å². The monoisotopic (exact) mass is 616 g/mol. The van der Waals surface area contributed by atoms with Gasteiger partial charge in [0.2, 0.25) is 0 Å². The fraction of sp³-hybridized carbons (Fsp3) is 0.0909. The van der Waals surface area contributed by atoms with E-state index in [4.69, 9.17) is 15.0 Å². The van der Waals surface area contributed by atoms with Crippen LogP contribution in [-0.2, 0) is 0 Å². The Morgan fingerprint density at radius 3 is 2.08 bits per heavy atom. The number of allylic oxidation sites excluding steroid dienone is 8. The number of fused-ring (bicyclic) bond motifs is 1. The summed E-state index contributed by atoms with van der Waals surface area (Å²) in [6, 6.07) is 40.3. The minimum Gasteiger partial charge on any atom is -0.212 e. The Kier molecular flexibility index (Phi) is 7.86. The Morgan fingerprint density at radius 2 is 1.33 bits per heavy atom. The molecule has 0 amide bonds. The van der Waals surface area contributed by atoms with Gasteiger partial charge < -0.3 is 0 Å². The van der Waals surface area contributed by atoms with Gasteiger partial charge in [0.15, 0.2) is 11.6 Å². The number of rotatable bonds is 6. The van der Waals surface area contributed by atoms with E-state index in [1.54, 1.807) is 0 Å². The molecule has 6 aromatic rings. The molecule has 1 heterocycles. The molecule has 228 valence electrons. The van der Waals surface area contributed by atoms with Crippen molar-refractivity contribution in [2.45, 2.75) is 25.2 Å². The number of hydrogen-bond acceptors (Lipinski definition) is 4. The van der Waals surface area contributed by atoms with Gasteiger partial charge in [0.25, 0.3) is 0 Å². The molecule has 0 aliphatic heterocycles. The summed E-state index contributed by atoms with van der Waals surface area (Å²) in [7, 11) is 0. The van der Waals surface area contributed by atoms with Crippen molar-refractivity contribution in [3.8, 4) is 50.8 Å². The first-order valence-corrected chi connectivity index (χ1v) is 16.4. The molecule has 0 fully saturated rings. The standard InChI is InChI=1S/C44H32N4/c45-29-30-9-7-14-37(27-30)31-17-19-32(20-18-31)38-25-26-41-39(28-38)15-8-16-40(41)33-21-23-36(24-22-33)44-47-42(34-10-3-1-4-11-34)46-43(48-44)35-12-5-2-6-13-35/h1,3-5,7-10,12-28,34H,2,6,11H2. The van der Waals surface area contributed by atoms with Crippen molar-refractivity contribution >= 4 is 16.3 Å². The van der Waals surface area contributed by atoms with E-state index in [0.29, 0.717) is 11.4 Å². The smallest absolute Gasteiger partial charge is 0.163 e. The summed E-state index contributed by atoms with van der Waals surface area (Å²) in [4.78, 5) is 14.8. The Balaban J connectivity index is 1.09. The van der Waals surface area contributed by atoms with Crippen LogP contribution < -0.4 is 0 Å². The molecule has 1 aromatic heterocycles. The summed E-state index contributed by atoms with van der Waals surface area (Å²) in [6.07, 6.45) is 18.0. The molecule has 0 bridgehead atoms. The third kappa shape index (κ3) is 5.90. The van der Waals surface area contributed by atoms with Crippen molar-refractivity contribution < 1.29 is 0 Å². The van der Waals surface area contributed by atoms with E-state index in [1.165, 1.54) is 21.9 Å². The summed E-state index contributed by atoms with van der Waals surface area (Å²) in [5.74, 6) is 2.40. The first-order valence-electron chi connectivity index (χ1n) is 16.4. The zero-order chi connectivity index (χ0) is 32.3. The molecule has 0 saturated carbocycles. The summed E-state index contributed by atoms with van der Waals surface area (Å²) < 4.78 is 0. The lowest BCUT2D eigenvalue weighted by molar-refractivity contribution is 0.756. The van der Waals surface area contributed by atoms with Crippen LogP contribution in [0.25, 0.3) is 61.1 Å². The topological polar surface area (TPSA) is 62.5 Å². The lowest BCUT2D eigenvalue weighted by Gasteiger charge is -2.15. The van der Waals surface area contributed by atoms with Crippen molar-refractivity contribution in [3.05, 3.63) is 169 Å². The number of benzene rings is 5. The number of hydrogen-bond donors (Lipinski definition) is 0. The molecule has 2 aliphatic rings. The van der Waals surface area contributed by atoms with E-state index in [9.17, 15) is 5.26 Å². The lowest BCUT2D eigenvalue weighted by atomic mass is 9.94. The summed E-state index contributed by atoms with van der Waals surface area (Å²) in [5, 5.41) is 11.7. The first-order chi connectivity index (χ1) is 23.7. The third-order valence-electron chi connectivity index (χ3n) is 9.10. The van der Waals surface area contributed by atoms with Gasteiger partial charge >= 0.3 is 0 Å². The highest BCUT2D eigenvalue weighted by molar-refractivity contribution is 5.99. The molecular weight excluding hydrogens is 585 g/mol. The van der Waals surface area contributed by atoms with E-state index in [-0.39, 0.29) is 5.92 Å². The van der Waals surface area contributed by atoms with Gasteiger partial charge in [-0.1, -0.05) is 134 Å². The minimum atomic E-state index is 0.142. The molecule has 0 radical (unpaired) electrons. The maximum Gasteiger partial charge on any atom is 0.163 e. The Bertz CT molecular complexity index is 2320. The van der Waals surface area contributed by atoms with E-state index in [0.717, 1.165) is 64.3 Å². The second-order valence-corrected chi connectivity index (χ2v) is 12.2. The predicted octanol–water partition coefficient (Wildman–Crippen LogP) is 10.9. The van der Waals surface area contributed by atoms with Crippen molar-refractivity contribution in [1.82, 2.24) is 15.0 Å². The highest BCUT2D eigenvalue weighted by Crippen LogP contribution is 2.34. The molecular formula is C44H32N4. The van der Waals surface area contributed by atoms with E-state index in [2.05, 4.69) is 134 Å². The molecule has 48 heavy (non-hydrogen) atoms. The molecule has 4 heteroatoms. The van der Waals surface area contributed by atoms with Gasteiger partial charge in [0.1, 0.15) is 5.82 Å². The van der Waals surface area contributed by atoms with Crippen LogP contribution in [0.2, 0.25) is 0 Å². The summed E-state index contributed by atoms with van der Waals surface area (Å²) in [5.41, 5.74) is 9.50. The average molecular weight is 617 g/mol. The predicted molar refractivity (Wildman–Crippen MR) is 196 cm³/mol. The van der Waals surface area contributed by atoms with Crippen LogP contribution in [0.4, 0.5) is 0 Å². The highest BCUT2D eigenvalue weighted by Gasteiger charge is 2.18. The maximum atomic E-state index is 9.28. The van der Waals surface area contributed by atoms with Crippen molar-refractivity contribution in [1.29, 1.82) is 5.26 Å². The number of nitriles is 1. The Morgan fingerprint density at radius 1 is 0.604 bits per heavy atom. The Hall–Kier alpha value is -6.18. The van der Waals surface area contributed by atoms with E-state index >= 15 is 0 Å². The molecule has 0 saturated heterocycles. The molecule has 2 aliphatic carbocycles. The van der Waals surface area contributed by atoms with Gasteiger partial charge in [0, 0.05) is 17.1 Å². The fourth-order valence-corrected chi connectivity index (χ4v) is 6.50. The molecule has 5 aromatic carbocycles. The number of nitrogens with zero attached hydrogens (tertiary/aromatic N) is 4. The molecule has 0 N–H and O–H groups in total. The van der Waals surface area contributed by atoms with E-state index in [1.807, 2.05) is 24.3 Å². The molecule has 8 rings (SSSR count). The van der Waals surface area contributed by atoms with Crippen molar-refractivity contribution in [2.24, 2.45) is 0 Å². The van der Waals surface area contributed by atoms with Crippen LogP contribution in [0.3, 0.4) is 0 Å². The highest BCUT2D eigenvalue weighted by atomic mass is 15.0. The minimum absolute atomic E-state index is 0.142. The van der Waals surface area contributed by atoms with Gasteiger partial charge in [-0.3, -0.25) is 0 Å². The largest absolute Gasteiger partial charge is 0.212 e. The van der Waals surface area contributed by atoms with Crippen LogP contribution in [-0.4, -0.2) is 15.0 Å². The van der Waals surface area contributed by atoms with E-state index < -0.39 is 0 Å². The van der Waals surface area contributed by atoms with Crippen molar-refractivity contribution in [3.63, 3.8) is 0 Å². The van der Waals surface area contributed by atoms with Gasteiger partial charge in [-0.25, -0.2) is 15.0 Å². The molecule has 4 nitrogen and oxygen atoms in total. The third-order valence-corrected chi connectivity index (χ3v) is 9.10. The zero-order valence-corrected chi connectivity index (χ0v) is 26.4. The zero-order valence-electron chi connectivity index (χ0n) is 26.4. The van der Waals surface area contributed by atoms with Gasteiger partial charge in [-0.2, -0.15) is 5.26 Å². The Labute approximate surface area is 280 Å². The van der Waals surface area contributed by atoms with Crippen LogP contribution in [0.15, 0.2) is 152 Å². The van der Waals surface area contributed by atoms with Crippen LogP contribution >= 0.6 is 0 Å². The van der Waals surface area contributed by atoms with Crippen LogP contribution in [0.5, 0.6) is 0 Å². The second-order valence-electron chi connectivity index (χ2n) is 12.2. The normalized spacial score (nSPS) is 15.3. The molecule has 1 unspecified atom stereocenters. The van der Waals surface area contributed by atoms with Crippen LogP contribution in [0.1, 0.15) is 42.4 Å². The lowest BCUT2D eigenvalue weighted by Crippen LogP contribution is -2.09. The van der Waals surface area contributed by atoms with Gasteiger partial charge in [-0.05, 0) is 81.6 Å². The van der Waals surface area contributed by atoms with Crippen molar-refractivity contribution in [2.75, 3.05) is 0 Å². The van der Waals surface area contributed by atoms with Gasteiger partial charge in [-0.15, -0.1) is 0 Å². The average Bonchev–Trinajstić information content (AvgIpc) is 3.18. The quantitative estimate of drug-likeness (QED) is 0.187. The van der Waals surface area contributed by atoms with Gasteiger partial charge in [0.05, 0.1) is 11.6 Å².